The highest BCUT2D eigenvalue weighted by Gasteiger charge is 2.48. The van der Waals surface area contributed by atoms with Gasteiger partial charge in [0.2, 0.25) is 0 Å². The van der Waals surface area contributed by atoms with Crippen LogP contribution in [0.2, 0.25) is 0 Å². The Labute approximate surface area is 142 Å². The molecule has 23 heavy (non-hydrogen) atoms. The van der Waals surface area contributed by atoms with Gasteiger partial charge in [0.15, 0.2) is 0 Å². The van der Waals surface area contributed by atoms with Crippen molar-refractivity contribution >= 4 is 21.4 Å². The maximum Gasteiger partial charge on any atom is 0.116 e. The zero-order chi connectivity index (χ0) is 15.6. The molecule has 5 atom stereocenters. The lowest BCUT2D eigenvalue weighted by Crippen LogP contribution is -2.56. The lowest BCUT2D eigenvalue weighted by atomic mass is 9.65. The molecule has 1 N–H and O–H groups in total. The highest BCUT2D eigenvalue weighted by Crippen LogP contribution is 2.53. The summed E-state index contributed by atoms with van der Waals surface area (Å²) in [5, 5.41) is 11.2. The molecular formula is C20H25NOS. The summed E-state index contributed by atoms with van der Waals surface area (Å²) in [7, 11) is 0. The van der Waals surface area contributed by atoms with Gasteiger partial charge in [-0.15, -0.1) is 11.3 Å². The van der Waals surface area contributed by atoms with E-state index in [1.54, 1.807) is 10.4 Å². The first kappa shape index (κ1) is 14.3. The second-order valence-corrected chi connectivity index (χ2v) is 8.94. The van der Waals surface area contributed by atoms with Crippen LogP contribution in [0.3, 0.4) is 0 Å². The van der Waals surface area contributed by atoms with Crippen LogP contribution in [0.25, 0.3) is 10.1 Å². The van der Waals surface area contributed by atoms with Gasteiger partial charge < -0.3 is 5.11 Å². The number of hydrogen-bond donors (Lipinski definition) is 1. The summed E-state index contributed by atoms with van der Waals surface area (Å²) < 4.78 is 1.37. The minimum Gasteiger partial charge on any atom is -0.508 e. The molecule has 0 radical (unpaired) electrons. The number of rotatable bonds is 2. The summed E-state index contributed by atoms with van der Waals surface area (Å²) in [6.45, 7) is 4.89. The van der Waals surface area contributed by atoms with Gasteiger partial charge in [-0.25, -0.2) is 0 Å². The third-order valence-corrected chi connectivity index (χ3v) is 7.83. The Morgan fingerprint density at radius 3 is 3.09 bits per heavy atom. The van der Waals surface area contributed by atoms with Crippen LogP contribution >= 0.6 is 11.3 Å². The minimum absolute atomic E-state index is 0.413. The Kier molecular flexibility index (Phi) is 3.24. The van der Waals surface area contributed by atoms with Gasteiger partial charge in [-0.1, -0.05) is 13.3 Å². The topological polar surface area (TPSA) is 23.5 Å². The van der Waals surface area contributed by atoms with E-state index in [2.05, 4.69) is 17.9 Å². The predicted molar refractivity (Wildman–Crippen MR) is 96.4 cm³/mol. The number of piperidine rings is 2. The molecule has 3 aliphatic heterocycles. The van der Waals surface area contributed by atoms with Crippen molar-refractivity contribution in [2.75, 3.05) is 13.1 Å². The van der Waals surface area contributed by atoms with E-state index in [-0.39, 0.29) is 0 Å². The molecule has 2 aromatic rings. The van der Waals surface area contributed by atoms with Crippen LogP contribution in [0.4, 0.5) is 0 Å². The van der Waals surface area contributed by atoms with E-state index in [0.29, 0.717) is 5.75 Å². The molecule has 6 rings (SSSR count). The molecule has 0 amide bonds. The molecule has 4 aliphatic rings. The average Bonchev–Trinajstić information content (AvgIpc) is 2.85. The van der Waals surface area contributed by atoms with Crippen molar-refractivity contribution in [1.82, 2.24) is 4.90 Å². The van der Waals surface area contributed by atoms with E-state index in [1.165, 1.54) is 48.9 Å². The monoisotopic (exact) mass is 327 g/mol. The smallest absolute Gasteiger partial charge is 0.116 e. The van der Waals surface area contributed by atoms with Crippen LogP contribution in [-0.2, 0) is 6.42 Å². The first-order chi connectivity index (χ1) is 11.2. The molecule has 3 heteroatoms. The zero-order valence-electron chi connectivity index (χ0n) is 13.8. The van der Waals surface area contributed by atoms with Crippen LogP contribution in [0, 0.1) is 11.8 Å². The summed E-state index contributed by atoms with van der Waals surface area (Å²) in [4.78, 5) is 4.48. The number of fused-ring (bicyclic) bond motifs is 4. The van der Waals surface area contributed by atoms with Gasteiger partial charge >= 0.3 is 0 Å². The van der Waals surface area contributed by atoms with E-state index in [4.69, 9.17) is 0 Å². The van der Waals surface area contributed by atoms with Crippen molar-refractivity contribution < 1.29 is 5.11 Å². The Hall–Kier alpha value is -1.06. The molecule has 4 bridgehead atoms. The van der Waals surface area contributed by atoms with Crippen molar-refractivity contribution in [1.29, 1.82) is 0 Å². The first-order valence-electron chi connectivity index (χ1n) is 9.23. The van der Waals surface area contributed by atoms with Gasteiger partial charge in [0.05, 0.1) is 0 Å². The molecule has 122 valence electrons. The number of benzene rings is 1. The maximum absolute atomic E-state index is 9.92. The number of phenols is 1. The van der Waals surface area contributed by atoms with Gasteiger partial charge in [-0.3, -0.25) is 4.90 Å². The summed E-state index contributed by atoms with van der Waals surface area (Å²) in [5.41, 5.74) is 1.55. The van der Waals surface area contributed by atoms with Crippen molar-refractivity contribution in [2.24, 2.45) is 11.8 Å². The van der Waals surface area contributed by atoms with E-state index >= 15 is 0 Å². The van der Waals surface area contributed by atoms with E-state index in [1.807, 2.05) is 23.5 Å². The normalized spacial score (nSPS) is 35.3. The standard InChI is InChI=1S/C20H25NOS/c1-2-3-13-8-12-9-17-19(13)21(11-12)7-6-15-16-10-14(22)4-5-18(16)23-20(15)17/h4-5,10,12-13,17,19,22H,2-3,6-9,11H2,1H3. The van der Waals surface area contributed by atoms with Crippen molar-refractivity contribution in [3.8, 4) is 5.75 Å². The van der Waals surface area contributed by atoms with Crippen LogP contribution < -0.4 is 0 Å². The van der Waals surface area contributed by atoms with Crippen molar-refractivity contribution in [3.05, 3.63) is 28.6 Å². The average molecular weight is 327 g/mol. The third-order valence-electron chi connectivity index (χ3n) is 6.48. The van der Waals surface area contributed by atoms with Crippen LogP contribution in [-0.4, -0.2) is 29.1 Å². The summed E-state index contributed by atoms with van der Waals surface area (Å²) in [5.74, 6) is 2.97. The molecule has 2 nitrogen and oxygen atoms in total. The Balaban J connectivity index is 1.64. The Bertz CT molecular complexity index is 751. The van der Waals surface area contributed by atoms with Crippen molar-refractivity contribution in [2.45, 2.75) is 51.0 Å². The summed E-state index contributed by atoms with van der Waals surface area (Å²) in [6.07, 6.45) is 6.74. The maximum atomic E-state index is 9.92. The second kappa shape index (κ2) is 5.22. The number of phenolic OH excluding ortho intramolecular Hbond substituents is 1. The predicted octanol–water partition coefficient (Wildman–Crippen LogP) is 4.76. The first-order valence-corrected chi connectivity index (χ1v) is 10.0. The molecule has 1 aromatic carbocycles. The molecule has 3 fully saturated rings. The lowest BCUT2D eigenvalue weighted by molar-refractivity contribution is -0.0138. The van der Waals surface area contributed by atoms with Crippen LogP contribution in [0.5, 0.6) is 5.75 Å². The van der Waals surface area contributed by atoms with E-state index in [0.717, 1.165) is 30.2 Å². The Morgan fingerprint density at radius 1 is 1.30 bits per heavy atom. The molecule has 5 unspecified atom stereocenters. The van der Waals surface area contributed by atoms with Gasteiger partial charge in [0, 0.05) is 34.6 Å². The quantitative estimate of drug-likeness (QED) is 0.860. The summed E-state index contributed by atoms with van der Waals surface area (Å²) >= 11 is 2.01. The fraction of sp³-hybridized carbons (Fsp3) is 0.600. The number of thiophene rings is 1. The second-order valence-electron chi connectivity index (χ2n) is 7.85. The van der Waals surface area contributed by atoms with Crippen LogP contribution in [0.1, 0.15) is 49.0 Å². The lowest BCUT2D eigenvalue weighted by Gasteiger charge is -2.53. The largest absolute Gasteiger partial charge is 0.508 e. The number of aromatic hydroxyl groups is 1. The molecule has 4 heterocycles. The van der Waals surface area contributed by atoms with Crippen LogP contribution in [0.15, 0.2) is 18.2 Å². The van der Waals surface area contributed by atoms with Gasteiger partial charge in [-0.2, -0.15) is 0 Å². The van der Waals surface area contributed by atoms with Crippen molar-refractivity contribution in [3.63, 3.8) is 0 Å². The van der Waals surface area contributed by atoms with Gasteiger partial charge in [0.1, 0.15) is 5.75 Å². The number of hydrogen-bond acceptors (Lipinski definition) is 3. The summed E-state index contributed by atoms with van der Waals surface area (Å²) in [6, 6.07) is 6.74. The fourth-order valence-electron chi connectivity index (χ4n) is 5.78. The molecule has 1 aliphatic carbocycles. The third kappa shape index (κ3) is 2.09. The minimum atomic E-state index is 0.413. The van der Waals surface area contributed by atoms with Gasteiger partial charge in [0.25, 0.3) is 0 Å². The zero-order valence-corrected chi connectivity index (χ0v) is 14.6. The molecule has 1 aromatic heterocycles. The molecule has 0 spiro atoms. The molecule has 1 saturated carbocycles. The van der Waals surface area contributed by atoms with Gasteiger partial charge in [-0.05, 0) is 66.7 Å². The number of nitrogens with zero attached hydrogens (tertiary/aromatic N) is 1. The Morgan fingerprint density at radius 2 is 2.22 bits per heavy atom. The molecular weight excluding hydrogens is 302 g/mol. The SMILES string of the molecule is CCCC1CC2CC3c4sc5ccc(O)cc5c4CCN(C2)C13. The van der Waals surface area contributed by atoms with E-state index in [9.17, 15) is 5.11 Å². The van der Waals surface area contributed by atoms with E-state index < -0.39 is 0 Å². The fourth-order valence-corrected chi connectivity index (χ4v) is 7.16. The molecule has 2 saturated heterocycles. The highest BCUT2D eigenvalue weighted by molar-refractivity contribution is 7.19. The highest BCUT2D eigenvalue weighted by atomic mass is 32.1.